The van der Waals surface area contributed by atoms with E-state index in [9.17, 15) is 0 Å². The third-order valence-corrected chi connectivity index (χ3v) is 7.28. The van der Waals surface area contributed by atoms with Gasteiger partial charge < -0.3 is 21.7 Å². The van der Waals surface area contributed by atoms with Gasteiger partial charge in [0.15, 0.2) is 5.82 Å². The molecule has 4 aromatic rings. The number of nitrogen functional groups attached to an aromatic ring is 2. The number of nitrogens with zero attached hydrogens (tertiary/aromatic N) is 9. The maximum atomic E-state index is 5.88. The summed E-state index contributed by atoms with van der Waals surface area (Å²) in [5.41, 5.74) is 11.8. The highest BCUT2D eigenvalue weighted by Crippen LogP contribution is 2.32. The van der Waals surface area contributed by atoms with Crippen LogP contribution in [0.25, 0.3) is 11.9 Å². The standard InChI is InChI=1S/C11H13BrN6.C10H11BrN6/c12-8-9(13)16-11(18-6-2-5-14-18)17-10(8)15-7-3-1-4-7;11-7-8(12)14-10(17-6-1-3-13-17)15-9(7)16-4-2-5-16/h2,5-7H,1,3-4H2,(H3,13,15,16,17);1,3,6H,2,4-5H2,(H2,12,14,15). The van der Waals surface area contributed by atoms with Crippen LogP contribution >= 0.6 is 31.9 Å². The number of nitrogens with two attached hydrogens (primary N) is 2. The van der Waals surface area contributed by atoms with E-state index in [-0.39, 0.29) is 0 Å². The summed E-state index contributed by atoms with van der Waals surface area (Å²) in [4.78, 5) is 19.5. The molecule has 0 radical (unpaired) electrons. The second kappa shape index (κ2) is 10.2. The fraction of sp³-hybridized carbons (Fsp3) is 0.333. The summed E-state index contributed by atoms with van der Waals surface area (Å²) in [5.74, 6) is 3.40. The molecule has 1 aliphatic heterocycles. The smallest absolute Gasteiger partial charge is 0.254 e. The minimum absolute atomic E-state index is 0.414. The lowest BCUT2D eigenvalue weighted by molar-refractivity contribution is 0.444. The Hall–Kier alpha value is -3.26. The highest BCUT2D eigenvalue weighted by atomic mass is 79.9. The molecular formula is C21H24Br2N12. The largest absolute Gasteiger partial charge is 0.383 e. The SMILES string of the molecule is Nc1nc(-n2cccn2)nc(N2CCC2)c1Br.Nc1nc(-n2cccn2)nc(NC2CCC2)c1Br. The third-order valence-electron chi connectivity index (χ3n) is 5.73. The van der Waals surface area contributed by atoms with Gasteiger partial charge in [0.2, 0.25) is 0 Å². The summed E-state index contributed by atoms with van der Waals surface area (Å²) in [6, 6.07) is 4.13. The van der Waals surface area contributed by atoms with E-state index in [1.807, 2.05) is 12.1 Å². The van der Waals surface area contributed by atoms with Crippen molar-refractivity contribution in [2.45, 2.75) is 31.7 Å². The number of nitrogens with one attached hydrogen (secondary N) is 1. The molecule has 14 heteroatoms. The Morgan fingerprint density at radius 1 is 0.800 bits per heavy atom. The topological polar surface area (TPSA) is 155 Å². The van der Waals surface area contributed by atoms with Gasteiger partial charge in [-0.3, -0.25) is 0 Å². The van der Waals surface area contributed by atoms with Crippen LogP contribution in [0.1, 0.15) is 25.7 Å². The molecule has 0 spiro atoms. The number of halogens is 2. The second-order valence-electron chi connectivity index (χ2n) is 8.13. The maximum absolute atomic E-state index is 5.88. The average Bonchev–Trinajstić information content (AvgIpc) is 3.50. The Kier molecular flexibility index (Phi) is 6.81. The number of anilines is 4. The first-order valence-electron chi connectivity index (χ1n) is 11.2. The zero-order chi connectivity index (χ0) is 24.4. The average molecular weight is 604 g/mol. The van der Waals surface area contributed by atoms with E-state index in [2.05, 4.69) is 72.2 Å². The van der Waals surface area contributed by atoms with Gasteiger partial charge in [-0.15, -0.1) is 0 Å². The molecule has 2 aliphatic rings. The molecule has 2 fully saturated rings. The van der Waals surface area contributed by atoms with Crippen LogP contribution < -0.4 is 21.7 Å². The Bertz CT molecular complexity index is 1280. The van der Waals surface area contributed by atoms with Crippen molar-refractivity contribution in [3.63, 3.8) is 0 Å². The molecule has 35 heavy (non-hydrogen) atoms. The lowest BCUT2D eigenvalue weighted by atomic mass is 9.93. The van der Waals surface area contributed by atoms with Crippen molar-refractivity contribution < 1.29 is 0 Å². The molecule has 12 nitrogen and oxygen atoms in total. The summed E-state index contributed by atoms with van der Waals surface area (Å²) in [7, 11) is 0. The van der Waals surface area contributed by atoms with Crippen LogP contribution in [0.2, 0.25) is 0 Å². The number of hydrogen-bond donors (Lipinski definition) is 3. The Labute approximate surface area is 218 Å². The number of hydrogen-bond acceptors (Lipinski definition) is 10. The minimum Gasteiger partial charge on any atom is -0.383 e. The van der Waals surface area contributed by atoms with Crippen molar-refractivity contribution in [3.8, 4) is 11.9 Å². The van der Waals surface area contributed by atoms with Gasteiger partial charge in [0.25, 0.3) is 11.9 Å². The molecule has 4 aromatic heterocycles. The minimum atomic E-state index is 0.414. The molecule has 0 atom stereocenters. The van der Waals surface area contributed by atoms with Crippen molar-refractivity contribution in [1.29, 1.82) is 0 Å². The van der Waals surface area contributed by atoms with Crippen LogP contribution in [-0.2, 0) is 0 Å². The van der Waals surface area contributed by atoms with E-state index < -0.39 is 0 Å². The molecule has 6 rings (SSSR count). The first-order valence-corrected chi connectivity index (χ1v) is 12.8. The molecule has 0 amide bonds. The highest BCUT2D eigenvalue weighted by molar-refractivity contribution is 9.11. The first-order chi connectivity index (χ1) is 17.0. The Balaban J connectivity index is 0.000000145. The van der Waals surface area contributed by atoms with Gasteiger partial charge in [0, 0.05) is 43.9 Å². The van der Waals surface area contributed by atoms with Crippen molar-refractivity contribution in [2.24, 2.45) is 0 Å². The lowest BCUT2D eigenvalue weighted by Gasteiger charge is -2.32. The van der Waals surface area contributed by atoms with E-state index >= 15 is 0 Å². The quantitative estimate of drug-likeness (QED) is 0.310. The van der Waals surface area contributed by atoms with E-state index in [1.165, 1.54) is 25.7 Å². The number of rotatable bonds is 5. The van der Waals surface area contributed by atoms with E-state index in [4.69, 9.17) is 11.5 Å². The van der Waals surface area contributed by atoms with Gasteiger partial charge in [-0.05, 0) is 69.7 Å². The summed E-state index contributed by atoms with van der Waals surface area (Å²) >= 11 is 6.85. The van der Waals surface area contributed by atoms with Crippen LogP contribution in [0, 0.1) is 0 Å². The van der Waals surface area contributed by atoms with Gasteiger partial charge in [-0.2, -0.15) is 30.1 Å². The van der Waals surface area contributed by atoms with Gasteiger partial charge in [-0.25, -0.2) is 9.36 Å². The van der Waals surface area contributed by atoms with Crippen molar-refractivity contribution >= 4 is 55.1 Å². The monoisotopic (exact) mass is 602 g/mol. The Morgan fingerprint density at radius 2 is 1.40 bits per heavy atom. The molecule has 1 saturated carbocycles. The molecule has 0 aromatic carbocycles. The fourth-order valence-electron chi connectivity index (χ4n) is 3.45. The third kappa shape index (κ3) is 5.07. The van der Waals surface area contributed by atoms with Gasteiger partial charge >= 0.3 is 0 Å². The predicted octanol–water partition coefficient (Wildman–Crippen LogP) is 3.19. The highest BCUT2D eigenvalue weighted by Gasteiger charge is 2.22. The van der Waals surface area contributed by atoms with E-state index in [0.717, 1.165) is 29.2 Å². The van der Waals surface area contributed by atoms with Gasteiger partial charge in [-0.1, -0.05) is 0 Å². The van der Waals surface area contributed by atoms with Gasteiger partial charge in [0.1, 0.15) is 26.4 Å². The van der Waals surface area contributed by atoms with Crippen molar-refractivity contribution in [1.82, 2.24) is 39.5 Å². The summed E-state index contributed by atoms with van der Waals surface area (Å²) in [6.45, 7) is 2.02. The summed E-state index contributed by atoms with van der Waals surface area (Å²) < 4.78 is 4.67. The molecule has 5 heterocycles. The summed E-state index contributed by atoms with van der Waals surface area (Å²) in [5, 5.41) is 11.6. The molecular weight excluding hydrogens is 580 g/mol. The lowest BCUT2D eigenvalue weighted by Crippen LogP contribution is -2.38. The predicted molar refractivity (Wildman–Crippen MR) is 141 cm³/mol. The molecule has 0 bridgehead atoms. The fourth-order valence-corrected chi connectivity index (χ4v) is 4.17. The zero-order valence-corrected chi connectivity index (χ0v) is 21.9. The molecule has 5 N–H and O–H groups in total. The van der Waals surface area contributed by atoms with Crippen LogP contribution in [0.5, 0.6) is 0 Å². The van der Waals surface area contributed by atoms with Gasteiger partial charge in [0.05, 0.1) is 0 Å². The Morgan fingerprint density at radius 3 is 1.89 bits per heavy atom. The van der Waals surface area contributed by atoms with Crippen LogP contribution in [0.15, 0.2) is 45.9 Å². The normalized spacial score (nSPS) is 15.1. The number of aromatic nitrogens is 8. The van der Waals surface area contributed by atoms with Crippen LogP contribution in [-0.4, -0.2) is 58.6 Å². The summed E-state index contributed by atoms with van der Waals surface area (Å²) in [6.07, 6.45) is 11.8. The molecule has 182 valence electrons. The van der Waals surface area contributed by atoms with E-state index in [0.29, 0.717) is 34.0 Å². The molecule has 1 saturated heterocycles. The molecule has 1 aliphatic carbocycles. The zero-order valence-electron chi connectivity index (χ0n) is 18.7. The van der Waals surface area contributed by atoms with Crippen molar-refractivity contribution in [2.75, 3.05) is 34.8 Å². The van der Waals surface area contributed by atoms with E-state index in [1.54, 1.807) is 34.2 Å². The van der Waals surface area contributed by atoms with Crippen LogP contribution in [0.4, 0.5) is 23.3 Å². The van der Waals surface area contributed by atoms with Crippen molar-refractivity contribution in [3.05, 3.63) is 45.9 Å². The second-order valence-corrected chi connectivity index (χ2v) is 9.72. The van der Waals surface area contributed by atoms with Crippen LogP contribution in [0.3, 0.4) is 0 Å². The molecule has 0 unspecified atom stereocenters. The first kappa shape index (κ1) is 23.5. The maximum Gasteiger partial charge on any atom is 0.254 e.